The topological polar surface area (TPSA) is 88.3 Å². The van der Waals surface area contributed by atoms with Crippen molar-refractivity contribution in [1.82, 2.24) is 9.80 Å². The van der Waals surface area contributed by atoms with E-state index in [2.05, 4.69) is 0 Å². The second-order valence-corrected chi connectivity index (χ2v) is 9.95. The Hall–Kier alpha value is -2.52. The van der Waals surface area contributed by atoms with E-state index in [9.17, 15) is 9.90 Å². The monoisotopic (exact) mass is 515 g/mol. The summed E-state index contributed by atoms with van der Waals surface area (Å²) >= 11 is 0. The maximum Gasteiger partial charge on any atom is 0.320 e. The molecular weight excluding hydrogens is 473 g/mol. The average molecular weight is 516 g/mol. The summed E-state index contributed by atoms with van der Waals surface area (Å²) in [7, 11) is 3.30. The second-order valence-electron chi connectivity index (χ2n) is 9.95. The van der Waals surface area contributed by atoms with Crippen LogP contribution in [0, 0.1) is 12.7 Å². The van der Waals surface area contributed by atoms with Crippen molar-refractivity contribution in [2.24, 2.45) is 5.73 Å². The van der Waals surface area contributed by atoms with Gasteiger partial charge in [-0.1, -0.05) is 48.4 Å². The number of rotatable bonds is 13. The maximum atomic E-state index is 15.3. The zero-order valence-electron chi connectivity index (χ0n) is 22.4. The van der Waals surface area contributed by atoms with E-state index in [1.165, 1.54) is 6.07 Å². The van der Waals surface area contributed by atoms with Gasteiger partial charge in [0.05, 0.1) is 12.7 Å². The van der Waals surface area contributed by atoms with Gasteiger partial charge in [-0.3, -0.25) is 0 Å². The number of amides is 2. The third kappa shape index (κ3) is 7.98. The Bertz CT molecular complexity index is 995. The quantitative estimate of drug-likeness (QED) is 0.391. The first-order valence-electron chi connectivity index (χ1n) is 13.2. The number of β-amino-alcohol motifs (C(OH)–C–C–N with tert-alkyl or cyclic N) is 1. The van der Waals surface area contributed by atoms with Crippen molar-refractivity contribution >= 4 is 6.03 Å². The summed E-state index contributed by atoms with van der Waals surface area (Å²) in [5.74, 6) is -0.190. The molecule has 0 aliphatic carbocycles. The first kappa shape index (κ1) is 29.0. The van der Waals surface area contributed by atoms with Gasteiger partial charge in [-0.25, -0.2) is 9.18 Å². The number of carbonyl (C=O) groups is 1. The second kappa shape index (κ2) is 14.4. The molecule has 1 fully saturated rings. The first-order chi connectivity index (χ1) is 17.8. The van der Waals surface area contributed by atoms with E-state index in [1.807, 2.05) is 37.3 Å². The molecule has 0 spiro atoms. The van der Waals surface area contributed by atoms with Gasteiger partial charge in [-0.05, 0) is 49.3 Å². The normalized spacial score (nSPS) is 18.3. The van der Waals surface area contributed by atoms with Crippen LogP contribution >= 0.6 is 0 Å². The molecule has 1 heterocycles. The minimum Gasteiger partial charge on any atom is -0.390 e. The highest BCUT2D eigenvalue weighted by atomic mass is 19.1. The van der Waals surface area contributed by atoms with Crippen LogP contribution in [0.2, 0.25) is 0 Å². The van der Waals surface area contributed by atoms with Crippen LogP contribution in [0.15, 0.2) is 42.5 Å². The summed E-state index contributed by atoms with van der Waals surface area (Å²) in [6.07, 6.45) is 2.66. The number of unbranched alkanes of at least 4 members (excludes halogenated alkanes) is 1. The minimum atomic E-state index is -0.717. The summed E-state index contributed by atoms with van der Waals surface area (Å²) in [6, 6.07) is 12.6. The van der Waals surface area contributed by atoms with E-state index < -0.39 is 12.1 Å². The zero-order chi connectivity index (χ0) is 26.8. The Morgan fingerprint density at radius 1 is 1.11 bits per heavy atom. The Labute approximate surface area is 220 Å². The number of benzene rings is 2. The lowest BCUT2D eigenvalue weighted by Gasteiger charge is -2.30. The van der Waals surface area contributed by atoms with Crippen LogP contribution in [-0.2, 0) is 9.47 Å². The lowest BCUT2D eigenvalue weighted by Crippen LogP contribution is -2.45. The van der Waals surface area contributed by atoms with E-state index in [0.29, 0.717) is 44.8 Å². The number of hydrogen-bond donors (Lipinski definition) is 2. The third-order valence-electron chi connectivity index (χ3n) is 7.13. The molecule has 2 amide bonds. The number of hydrogen-bond acceptors (Lipinski definition) is 5. The molecule has 0 saturated carbocycles. The van der Waals surface area contributed by atoms with Gasteiger partial charge in [0.2, 0.25) is 0 Å². The molecule has 2 aromatic carbocycles. The molecule has 7 nitrogen and oxygen atoms in total. The van der Waals surface area contributed by atoms with Crippen molar-refractivity contribution < 1.29 is 23.8 Å². The maximum absolute atomic E-state index is 15.3. The molecule has 3 rings (SSSR count). The van der Waals surface area contributed by atoms with Gasteiger partial charge < -0.3 is 30.1 Å². The molecule has 0 bridgehead atoms. The Morgan fingerprint density at radius 3 is 2.54 bits per heavy atom. The van der Waals surface area contributed by atoms with Crippen molar-refractivity contribution in [1.29, 1.82) is 0 Å². The van der Waals surface area contributed by atoms with E-state index in [-0.39, 0.29) is 24.3 Å². The van der Waals surface area contributed by atoms with Crippen LogP contribution in [0.4, 0.5) is 9.18 Å². The Balaban J connectivity index is 1.86. The molecule has 1 aliphatic rings. The Morgan fingerprint density at radius 2 is 1.86 bits per heavy atom. The van der Waals surface area contributed by atoms with Gasteiger partial charge in [0.15, 0.2) is 0 Å². The molecule has 0 unspecified atom stereocenters. The van der Waals surface area contributed by atoms with Gasteiger partial charge in [-0.15, -0.1) is 0 Å². The number of methoxy groups -OCH3 is 2. The summed E-state index contributed by atoms with van der Waals surface area (Å²) in [6.45, 7) is 4.56. The number of aryl methyl sites for hydroxylation is 1. The van der Waals surface area contributed by atoms with Gasteiger partial charge in [0.1, 0.15) is 5.82 Å². The molecular formula is C29H42FN3O4. The van der Waals surface area contributed by atoms with Gasteiger partial charge >= 0.3 is 6.03 Å². The molecule has 204 valence electrons. The molecule has 0 radical (unpaired) electrons. The molecule has 0 aromatic heterocycles. The average Bonchev–Trinajstić information content (AvgIpc) is 3.22. The van der Waals surface area contributed by atoms with Gasteiger partial charge in [-0.2, -0.15) is 0 Å². The first-order valence-corrected chi connectivity index (χ1v) is 13.2. The smallest absolute Gasteiger partial charge is 0.320 e. The number of likely N-dealkylation sites (tertiary alicyclic amines) is 1. The van der Waals surface area contributed by atoms with Crippen LogP contribution in [0.25, 0.3) is 11.1 Å². The third-order valence-corrected chi connectivity index (χ3v) is 7.13. The highest BCUT2D eigenvalue weighted by molar-refractivity contribution is 5.75. The molecule has 2 aromatic rings. The molecule has 3 N–H and O–H groups in total. The fraction of sp³-hybridized carbons (Fsp3) is 0.552. The van der Waals surface area contributed by atoms with Gasteiger partial charge in [0.25, 0.3) is 0 Å². The Kier molecular flexibility index (Phi) is 11.3. The van der Waals surface area contributed by atoms with Crippen LogP contribution in [0.1, 0.15) is 42.7 Å². The van der Waals surface area contributed by atoms with E-state index in [4.69, 9.17) is 15.2 Å². The summed E-state index contributed by atoms with van der Waals surface area (Å²) in [5, 5.41) is 10.1. The predicted molar refractivity (Wildman–Crippen MR) is 144 cm³/mol. The number of nitrogens with two attached hydrogens (primary N) is 1. The fourth-order valence-corrected chi connectivity index (χ4v) is 5.06. The fourth-order valence-electron chi connectivity index (χ4n) is 5.06. The highest BCUT2D eigenvalue weighted by Crippen LogP contribution is 2.36. The number of aliphatic hydroxyl groups excluding tert-OH is 1. The number of nitrogens with zero attached hydrogens (tertiary/aromatic N) is 2. The highest BCUT2D eigenvalue weighted by Gasteiger charge is 2.34. The molecule has 3 atom stereocenters. The number of urea groups is 1. The number of carbonyl (C=O) groups excluding carboxylic acids is 1. The molecule has 1 saturated heterocycles. The van der Waals surface area contributed by atoms with E-state index in [0.717, 1.165) is 36.0 Å². The minimum absolute atomic E-state index is 0.0485. The van der Waals surface area contributed by atoms with Crippen molar-refractivity contribution in [3.05, 3.63) is 59.4 Å². The zero-order valence-corrected chi connectivity index (χ0v) is 22.4. The number of halogens is 1. The van der Waals surface area contributed by atoms with Crippen molar-refractivity contribution in [3.8, 4) is 11.1 Å². The summed E-state index contributed by atoms with van der Waals surface area (Å²) in [5.41, 5.74) is 9.48. The largest absolute Gasteiger partial charge is 0.390 e. The van der Waals surface area contributed by atoms with Crippen LogP contribution in [0.3, 0.4) is 0 Å². The van der Waals surface area contributed by atoms with Crippen molar-refractivity contribution in [3.63, 3.8) is 0 Å². The standard InChI is InChI=1S/C29H42FN3O4/c1-21-8-6-10-23(18-21)28-24(11-7-12-25(28)30)22(9-4-5-16-36-2)13-14-32(15-17-37-3)29(35)33-19-26(31)27(34)20-33/h6-8,10-12,18,22,26-27,34H,4-5,9,13-17,19-20,31H2,1-3H3/t22-,26-,27+/m1/s1. The molecule has 1 aliphatic heterocycles. The predicted octanol–water partition coefficient (Wildman–Crippen LogP) is 4.16. The van der Waals surface area contributed by atoms with Crippen LogP contribution in [0.5, 0.6) is 0 Å². The van der Waals surface area contributed by atoms with Crippen LogP contribution in [-0.4, -0.2) is 86.7 Å². The lowest BCUT2D eigenvalue weighted by molar-refractivity contribution is 0.122. The lowest BCUT2D eigenvalue weighted by atomic mass is 9.84. The van der Waals surface area contributed by atoms with Crippen molar-refractivity contribution in [2.75, 3.05) is 53.6 Å². The van der Waals surface area contributed by atoms with Gasteiger partial charge in [0, 0.05) is 58.6 Å². The van der Waals surface area contributed by atoms with E-state index >= 15 is 4.39 Å². The summed E-state index contributed by atoms with van der Waals surface area (Å²) < 4.78 is 25.8. The van der Waals surface area contributed by atoms with Crippen LogP contribution < -0.4 is 5.73 Å². The number of ether oxygens (including phenoxy) is 2. The SMILES string of the molecule is COCCCC[C@H](CCN(CCOC)C(=O)N1C[C@@H](N)[C@@H](O)C1)c1cccc(F)c1-c1cccc(C)c1. The molecule has 8 heteroatoms. The van der Waals surface area contributed by atoms with E-state index in [1.54, 1.807) is 30.1 Å². The molecule has 37 heavy (non-hydrogen) atoms. The van der Waals surface area contributed by atoms with Crippen molar-refractivity contribution in [2.45, 2.75) is 50.7 Å². The number of aliphatic hydroxyl groups is 1. The summed E-state index contributed by atoms with van der Waals surface area (Å²) in [4.78, 5) is 16.7.